The van der Waals surface area contributed by atoms with Gasteiger partial charge in [0.25, 0.3) is 0 Å². The lowest BCUT2D eigenvalue weighted by Crippen LogP contribution is -2.58. The number of carbonyl (C=O) groups is 1. The van der Waals surface area contributed by atoms with Crippen molar-refractivity contribution in [2.24, 2.45) is 11.7 Å². The van der Waals surface area contributed by atoms with Gasteiger partial charge in [-0.1, -0.05) is 50.1 Å². The first-order valence-corrected chi connectivity index (χ1v) is 7.83. The van der Waals surface area contributed by atoms with E-state index in [4.69, 9.17) is 5.73 Å². The van der Waals surface area contributed by atoms with Gasteiger partial charge in [-0.15, -0.1) is 0 Å². The molecule has 1 fully saturated rings. The minimum absolute atomic E-state index is 0.0293. The third-order valence-corrected chi connectivity index (χ3v) is 4.75. The highest BCUT2D eigenvalue weighted by Crippen LogP contribution is 2.35. The van der Waals surface area contributed by atoms with E-state index in [0.29, 0.717) is 19.0 Å². The summed E-state index contributed by atoms with van der Waals surface area (Å²) >= 11 is 0. The first-order chi connectivity index (χ1) is 10.1. The van der Waals surface area contributed by atoms with Gasteiger partial charge in [0, 0.05) is 20.1 Å². The highest BCUT2D eigenvalue weighted by molar-refractivity contribution is 5.74. The van der Waals surface area contributed by atoms with Crippen molar-refractivity contribution in [2.45, 2.75) is 44.7 Å². The Kier molecular flexibility index (Phi) is 5.23. The Morgan fingerprint density at radius 2 is 2.14 bits per heavy atom. The van der Waals surface area contributed by atoms with Crippen molar-refractivity contribution in [3.63, 3.8) is 0 Å². The van der Waals surface area contributed by atoms with Gasteiger partial charge in [-0.3, -0.25) is 0 Å². The molecule has 0 bridgehead atoms. The number of nitrogens with two attached hydrogens (primary N) is 1. The Bertz CT molecular complexity index is 462. The van der Waals surface area contributed by atoms with Gasteiger partial charge in [-0.2, -0.15) is 0 Å². The summed E-state index contributed by atoms with van der Waals surface area (Å²) in [7, 11) is 1.88. The minimum Gasteiger partial charge on any atom is -0.334 e. The van der Waals surface area contributed by atoms with Crippen molar-refractivity contribution in [1.29, 1.82) is 0 Å². The maximum absolute atomic E-state index is 12.4. The predicted molar refractivity (Wildman–Crippen MR) is 85.9 cm³/mol. The first-order valence-electron chi connectivity index (χ1n) is 7.83. The average Bonchev–Trinajstić information content (AvgIpc) is 2.52. The zero-order valence-electron chi connectivity index (χ0n) is 13.1. The fourth-order valence-corrected chi connectivity index (χ4v) is 3.37. The second-order valence-electron chi connectivity index (χ2n) is 6.33. The molecule has 3 N–H and O–H groups in total. The van der Waals surface area contributed by atoms with Crippen LogP contribution in [-0.2, 0) is 6.54 Å². The molecule has 1 aromatic carbocycles. The number of carbonyl (C=O) groups excluding carboxylic acids is 1. The zero-order chi connectivity index (χ0) is 15.3. The number of likely N-dealkylation sites (N-methyl/N-ethyl adjacent to an activating group) is 1. The number of nitrogens with one attached hydrogen (secondary N) is 1. The quantitative estimate of drug-likeness (QED) is 0.895. The molecule has 1 aliphatic carbocycles. The molecule has 2 unspecified atom stereocenters. The van der Waals surface area contributed by atoms with Crippen molar-refractivity contribution in [1.82, 2.24) is 10.2 Å². The topological polar surface area (TPSA) is 58.4 Å². The average molecular weight is 289 g/mol. The fraction of sp³-hybridized carbons (Fsp3) is 0.588. The van der Waals surface area contributed by atoms with E-state index in [1.54, 1.807) is 0 Å². The molecular formula is C17H27N3O. The van der Waals surface area contributed by atoms with E-state index in [0.717, 1.165) is 24.8 Å². The molecule has 4 heteroatoms. The SMILES string of the molecule is CC1CCCC(CN)(N(C)C(=O)NCc2ccccc2)C1. The molecule has 2 amide bonds. The normalized spacial score (nSPS) is 25.4. The molecule has 1 aromatic rings. The Morgan fingerprint density at radius 3 is 2.76 bits per heavy atom. The summed E-state index contributed by atoms with van der Waals surface area (Å²) in [5.41, 5.74) is 6.95. The Hall–Kier alpha value is -1.55. The zero-order valence-corrected chi connectivity index (χ0v) is 13.1. The monoisotopic (exact) mass is 289 g/mol. The summed E-state index contributed by atoms with van der Waals surface area (Å²) in [6.45, 7) is 3.34. The van der Waals surface area contributed by atoms with Gasteiger partial charge in [0.15, 0.2) is 0 Å². The summed E-state index contributed by atoms with van der Waals surface area (Å²) in [5, 5.41) is 3.00. The van der Waals surface area contributed by atoms with Gasteiger partial charge in [0.1, 0.15) is 0 Å². The fourth-order valence-electron chi connectivity index (χ4n) is 3.37. The van der Waals surface area contributed by atoms with E-state index in [9.17, 15) is 4.79 Å². The van der Waals surface area contributed by atoms with Crippen LogP contribution in [0.25, 0.3) is 0 Å². The minimum atomic E-state index is -0.182. The van der Waals surface area contributed by atoms with E-state index < -0.39 is 0 Å². The number of hydrogen-bond donors (Lipinski definition) is 2. The standard InChI is InChI=1S/C17H27N3O/c1-14-7-6-10-17(11-14,13-18)20(2)16(21)19-12-15-8-4-3-5-9-15/h3-5,8-9,14H,6-7,10-13,18H2,1-2H3,(H,19,21). The molecule has 2 atom stereocenters. The summed E-state index contributed by atoms with van der Waals surface area (Å²) in [6, 6.07) is 9.94. The van der Waals surface area contributed by atoms with Crippen molar-refractivity contribution < 1.29 is 4.79 Å². The van der Waals surface area contributed by atoms with Crippen LogP contribution in [0.15, 0.2) is 30.3 Å². The van der Waals surface area contributed by atoms with Gasteiger partial charge in [0.2, 0.25) is 0 Å². The molecule has 4 nitrogen and oxygen atoms in total. The van der Waals surface area contributed by atoms with Crippen LogP contribution in [-0.4, -0.2) is 30.1 Å². The first kappa shape index (κ1) is 15.8. The number of hydrogen-bond acceptors (Lipinski definition) is 2. The van der Waals surface area contributed by atoms with Crippen LogP contribution in [0.2, 0.25) is 0 Å². The van der Waals surface area contributed by atoms with Gasteiger partial charge < -0.3 is 16.0 Å². The molecule has 1 saturated carbocycles. The van der Waals surface area contributed by atoms with Crippen LogP contribution < -0.4 is 11.1 Å². The lowest BCUT2D eigenvalue weighted by atomic mass is 9.75. The Balaban J connectivity index is 1.97. The van der Waals surface area contributed by atoms with Gasteiger partial charge in [-0.25, -0.2) is 4.79 Å². The smallest absolute Gasteiger partial charge is 0.317 e. The number of amides is 2. The van der Waals surface area contributed by atoms with E-state index in [1.165, 1.54) is 6.42 Å². The predicted octanol–water partition coefficient (Wildman–Crippen LogP) is 2.74. The summed E-state index contributed by atoms with van der Waals surface area (Å²) in [4.78, 5) is 14.3. The van der Waals surface area contributed by atoms with Gasteiger partial charge in [-0.05, 0) is 24.3 Å². The van der Waals surface area contributed by atoms with Crippen molar-refractivity contribution >= 4 is 6.03 Å². The van der Waals surface area contributed by atoms with Gasteiger partial charge in [0.05, 0.1) is 5.54 Å². The second kappa shape index (κ2) is 6.94. The third kappa shape index (κ3) is 3.76. The lowest BCUT2D eigenvalue weighted by Gasteiger charge is -2.45. The van der Waals surface area contributed by atoms with E-state index in [-0.39, 0.29) is 11.6 Å². The molecule has 0 saturated heterocycles. The third-order valence-electron chi connectivity index (χ3n) is 4.75. The highest BCUT2D eigenvalue weighted by Gasteiger charge is 2.39. The van der Waals surface area contributed by atoms with Crippen molar-refractivity contribution in [3.8, 4) is 0 Å². The molecule has 116 valence electrons. The van der Waals surface area contributed by atoms with Crippen LogP contribution in [0, 0.1) is 5.92 Å². The molecule has 0 radical (unpaired) electrons. The number of rotatable bonds is 4. The summed E-state index contributed by atoms with van der Waals surface area (Å²) in [5.74, 6) is 0.631. The highest BCUT2D eigenvalue weighted by atomic mass is 16.2. The van der Waals surface area contributed by atoms with Crippen LogP contribution in [0.4, 0.5) is 4.79 Å². The maximum Gasteiger partial charge on any atom is 0.317 e. The lowest BCUT2D eigenvalue weighted by molar-refractivity contribution is 0.0843. The Morgan fingerprint density at radius 1 is 1.43 bits per heavy atom. The van der Waals surface area contributed by atoms with E-state index in [2.05, 4.69) is 12.2 Å². The molecule has 2 rings (SSSR count). The maximum atomic E-state index is 12.4. The van der Waals surface area contributed by atoms with E-state index >= 15 is 0 Å². The second-order valence-corrected chi connectivity index (χ2v) is 6.33. The molecule has 0 aliphatic heterocycles. The van der Waals surface area contributed by atoms with E-state index in [1.807, 2.05) is 42.3 Å². The van der Waals surface area contributed by atoms with Crippen LogP contribution in [0.5, 0.6) is 0 Å². The Labute approximate surface area is 127 Å². The number of benzene rings is 1. The molecular weight excluding hydrogens is 262 g/mol. The van der Waals surface area contributed by atoms with Crippen LogP contribution >= 0.6 is 0 Å². The molecule has 0 heterocycles. The summed E-state index contributed by atoms with van der Waals surface area (Å²) in [6.07, 6.45) is 4.39. The van der Waals surface area contributed by atoms with Crippen LogP contribution in [0.3, 0.4) is 0 Å². The number of nitrogens with zero attached hydrogens (tertiary/aromatic N) is 1. The van der Waals surface area contributed by atoms with Crippen LogP contribution in [0.1, 0.15) is 38.2 Å². The molecule has 0 spiro atoms. The summed E-state index contributed by atoms with van der Waals surface area (Å²) < 4.78 is 0. The molecule has 21 heavy (non-hydrogen) atoms. The number of urea groups is 1. The largest absolute Gasteiger partial charge is 0.334 e. The van der Waals surface area contributed by atoms with Crippen molar-refractivity contribution in [3.05, 3.63) is 35.9 Å². The van der Waals surface area contributed by atoms with Crippen molar-refractivity contribution in [2.75, 3.05) is 13.6 Å². The molecule has 1 aliphatic rings. The molecule has 0 aromatic heterocycles. The van der Waals surface area contributed by atoms with Gasteiger partial charge >= 0.3 is 6.03 Å².